The van der Waals surface area contributed by atoms with Crippen molar-refractivity contribution >= 4 is 22.5 Å². The second-order valence-electron chi connectivity index (χ2n) is 5.46. The zero-order valence-electron chi connectivity index (χ0n) is 12.3. The number of aromatic amines is 1. The summed E-state index contributed by atoms with van der Waals surface area (Å²) >= 11 is 6.02. The number of halogens is 1. The third kappa shape index (κ3) is 2.97. The summed E-state index contributed by atoms with van der Waals surface area (Å²) in [5.74, 6) is 0. The van der Waals surface area contributed by atoms with Crippen LogP contribution in [-0.4, -0.2) is 4.98 Å². The van der Waals surface area contributed by atoms with E-state index >= 15 is 0 Å². The molecule has 0 fully saturated rings. The van der Waals surface area contributed by atoms with E-state index in [9.17, 15) is 0 Å². The lowest BCUT2D eigenvalue weighted by atomic mass is 10.0. The number of nitrogens with one attached hydrogen (secondary N) is 2. The van der Waals surface area contributed by atoms with E-state index in [1.807, 2.05) is 12.1 Å². The maximum absolute atomic E-state index is 6.02. The quantitative estimate of drug-likeness (QED) is 0.698. The highest BCUT2D eigenvalue weighted by Gasteiger charge is 2.09. The Labute approximate surface area is 130 Å². The molecule has 1 atom stereocenters. The van der Waals surface area contributed by atoms with E-state index in [-0.39, 0.29) is 0 Å². The van der Waals surface area contributed by atoms with E-state index in [2.05, 4.69) is 60.7 Å². The van der Waals surface area contributed by atoms with Crippen LogP contribution >= 0.6 is 11.6 Å². The molecule has 3 heteroatoms. The summed E-state index contributed by atoms with van der Waals surface area (Å²) in [6.45, 7) is 5.19. The summed E-state index contributed by atoms with van der Waals surface area (Å²) in [6.07, 6.45) is 2.05. The first-order valence-corrected chi connectivity index (χ1v) is 7.57. The summed E-state index contributed by atoms with van der Waals surface area (Å²) in [5.41, 5.74) is 5.02. The number of aromatic nitrogens is 1. The molecule has 0 spiro atoms. The standard InChI is InChI=1S/C18H19ClN2/c1-12-5-3-4-6-16(12)13(2)20-10-14-11-21-18-9-15(19)7-8-17(14)18/h3-9,11,13,20-21H,10H2,1-2H3. The number of aryl methyl sites for hydroxylation is 1. The van der Waals surface area contributed by atoms with Crippen molar-refractivity contribution in [2.75, 3.05) is 0 Å². The molecule has 0 aliphatic heterocycles. The fourth-order valence-corrected chi connectivity index (χ4v) is 2.92. The molecule has 1 heterocycles. The Hall–Kier alpha value is -1.77. The average molecular weight is 299 g/mol. The molecule has 2 N–H and O–H groups in total. The number of hydrogen-bond acceptors (Lipinski definition) is 1. The zero-order chi connectivity index (χ0) is 14.8. The van der Waals surface area contributed by atoms with Crippen LogP contribution in [0, 0.1) is 6.92 Å². The summed E-state index contributed by atoms with van der Waals surface area (Å²) in [4.78, 5) is 3.28. The molecule has 108 valence electrons. The SMILES string of the molecule is Cc1ccccc1C(C)NCc1c[nH]c2cc(Cl)ccc12. The van der Waals surface area contributed by atoms with Crippen LogP contribution in [0.1, 0.15) is 29.7 Å². The molecule has 0 saturated heterocycles. The van der Waals surface area contributed by atoms with E-state index in [0.717, 1.165) is 17.1 Å². The summed E-state index contributed by atoms with van der Waals surface area (Å²) in [6, 6.07) is 14.8. The van der Waals surface area contributed by atoms with Crippen molar-refractivity contribution in [3.8, 4) is 0 Å². The van der Waals surface area contributed by atoms with Crippen LogP contribution < -0.4 is 5.32 Å². The highest BCUT2D eigenvalue weighted by molar-refractivity contribution is 6.31. The Morgan fingerprint density at radius 1 is 1.19 bits per heavy atom. The van der Waals surface area contributed by atoms with Crippen LogP contribution in [0.2, 0.25) is 5.02 Å². The number of benzene rings is 2. The molecule has 2 aromatic carbocycles. The van der Waals surface area contributed by atoms with Crippen LogP contribution in [-0.2, 0) is 6.54 Å². The van der Waals surface area contributed by atoms with Gasteiger partial charge in [-0.25, -0.2) is 0 Å². The van der Waals surface area contributed by atoms with E-state index < -0.39 is 0 Å². The monoisotopic (exact) mass is 298 g/mol. The third-order valence-corrected chi connectivity index (χ3v) is 4.22. The van der Waals surface area contributed by atoms with Crippen molar-refractivity contribution in [2.24, 2.45) is 0 Å². The van der Waals surface area contributed by atoms with Gasteiger partial charge in [0.05, 0.1) is 0 Å². The van der Waals surface area contributed by atoms with Crippen LogP contribution in [0.15, 0.2) is 48.7 Å². The largest absolute Gasteiger partial charge is 0.361 e. The molecule has 3 rings (SSSR count). The molecule has 2 nitrogen and oxygen atoms in total. The normalized spacial score (nSPS) is 12.7. The van der Waals surface area contributed by atoms with Crippen LogP contribution in [0.3, 0.4) is 0 Å². The minimum absolute atomic E-state index is 0.323. The Morgan fingerprint density at radius 2 is 2.00 bits per heavy atom. The van der Waals surface area contributed by atoms with Crippen LogP contribution in [0.4, 0.5) is 0 Å². The summed E-state index contributed by atoms with van der Waals surface area (Å²) in [7, 11) is 0. The molecule has 1 aromatic heterocycles. The molecule has 21 heavy (non-hydrogen) atoms. The van der Waals surface area contributed by atoms with Crippen LogP contribution in [0.5, 0.6) is 0 Å². The molecule has 0 aliphatic rings. The van der Waals surface area contributed by atoms with Gasteiger partial charge < -0.3 is 10.3 Å². The first kappa shape index (κ1) is 14.2. The summed E-state index contributed by atoms with van der Waals surface area (Å²) < 4.78 is 0. The Kier molecular flexibility index (Phi) is 4.00. The smallest absolute Gasteiger partial charge is 0.0472 e. The highest BCUT2D eigenvalue weighted by Crippen LogP contribution is 2.23. The minimum Gasteiger partial charge on any atom is -0.361 e. The van der Waals surface area contributed by atoms with Gasteiger partial charge in [0.15, 0.2) is 0 Å². The number of fused-ring (bicyclic) bond motifs is 1. The fourth-order valence-electron chi connectivity index (χ4n) is 2.75. The van der Waals surface area contributed by atoms with E-state index in [1.54, 1.807) is 0 Å². The van der Waals surface area contributed by atoms with Gasteiger partial charge in [0.2, 0.25) is 0 Å². The molecule has 0 amide bonds. The minimum atomic E-state index is 0.323. The van der Waals surface area contributed by atoms with Gasteiger partial charge in [-0.15, -0.1) is 0 Å². The lowest BCUT2D eigenvalue weighted by Gasteiger charge is -2.16. The van der Waals surface area contributed by atoms with Crippen molar-refractivity contribution < 1.29 is 0 Å². The average Bonchev–Trinajstić information content (AvgIpc) is 2.87. The summed E-state index contributed by atoms with van der Waals surface area (Å²) in [5, 5.41) is 5.58. The predicted octanol–water partition coefficient (Wildman–Crippen LogP) is 4.98. The second-order valence-corrected chi connectivity index (χ2v) is 5.90. The van der Waals surface area contributed by atoms with Crippen molar-refractivity contribution in [1.29, 1.82) is 0 Å². The predicted molar refractivity (Wildman–Crippen MR) is 89.7 cm³/mol. The van der Waals surface area contributed by atoms with Gasteiger partial charge >= 0.3 is 0 Å². The van der Waals surface area contributed by atoms with E-state index in [4.69, 9.17) is 11.6 Å². The Balaban J connectivity index is 1.76. The fraction of sp³-hybridized carbons (Fsp3) is 0.222. The molecule has 3 aromatic rings. The molecule has 1 unspecified atom stereocenters. The first-order chi connectivity index (χ1) is 10.1. The number of hydrogen-bond donors (Lipinski definition) is 2. The topological polar surface area (TPSA) is 27.8 Å². The number of rotatable bonds is 4. The maximum Gasteiger partial charge on any atom is 0.0472 e. The van der Waals surface area contributed by atoms with E-state index in [1.165, 1.54) is 22.1 Å². The molecule has 0 radical (unpaired) electrons. The Bertz CT molecular complexity index is 761. The zero-order valence-corrected chi connectivity index (χ0v) is 13.0. The second kappa shape index (κ2) is 5.92. The van der Waals surface area contributed by atoms with Crippen molar-refractivity contribution in [1.82, 2.24) is 10.3 Å². The van der Waals surface area contributed by atoms with Crippen LogP contribution in [0.25, 0.3) is 10.9 Å². The molecular formula is C18H19ClN2. The Morgan fingerprint density at radius 3 is 2.81 bits per heavy atom. The van der Waals surface area contributed by atoms with Gasteiger partial charge in [0.25, 0.3) is 0 Å². The molecular weight excluding hydrogens is 280 g/mol. The van der Waals surface area contributed by atoms with Gasteiger partial charge in [-0.05, 0) is 42.7 Å². The van der Waals surface area contributed by atoms with Gasteiger partial charge in [-0.2, -0.15) is 0 Å². The third-order valence-electron chi connectivity index (χ3n) is 3.98. The number of H-pyrrole nitrogens is 1. The van der Waals surface area contributed by atoms with Crippen molar-refractivity contribution in [2.45, 2.75) is 26.4 Å². The van der Waals surface area contributed by atoms with Gasteiger partial charge in [-0.1, -0.05) is 41.9 Å². The first-order valence-electron chi connectivity index (χ1n) is 7.19. The lowest BCUT2D eigenvalue weighted by Crippen LogP contribution is -2.18. The van der Waals surface area contributed by atoms with E-state index in [0.29, 0.717) is 6.04 Å². The highest BCUT2D eigenvalue weighted by atomic mass is 35.5. The van der Waals surface area contributed by atoms with Gasteiger partial charge in [-0.3, -0.25) is 0 Å². The molecule has 0 aliphatic carbocycles. The lowest BCUT2D eigenvalue weighted by molar-refractivity contribution is 0.574. The molecule has 0 bridgehead atoms. The maximum atomic E-state index is 6.02. The van der Waals surface area contributed by atoms with Crippen molar-refractivity contribution in [3.05, 3.63) is 70.4 Å². The van der Waals surface area contributed by atoms with Crippen molar-refractivity contribution in [3.63, 3.8) is 0 Å². The van der Waals surface area contributed by atoms with Gasteiger partial charge in [0.1, 0.15) is 0 Å². The molecule has 0 saturated carbocycles. The van der Waals surface area contributed by atoms with Gasteiger partial charge in [0, 0.05) is 34.7 Å².